The van der Waals surface area contributed by atoms with Crippen molar-refractivity contribution in [3.05, 3.63) is 34.2 Å². The van der Waals surface area contributed by atoms with Gasteiger partial charge in [-0.05, 0) is 47.9 Å². The fraction of sp³-hybridized carbons (Fsp3) is 0.182. The van der Waals surface area contributed by atoms with E-state index in [-0.39, 0.29) is 5.91 Å². The highest BCUT2D eigenvalue weighted by Crippen LogP contribution is 2.29. The van der Waals surface area contributed by atoms with Crippen LogP contribution >= 0.6 is 11.3 Å². The van der Waals surface area contributed by atoms with Gasteiger partial charge in [0.15, 0.2) is 0 Å². The molecule has 1 aromatic heterocycles. The third kappa shape index (κ3) is 1.21. The van der Waals surface area contributed by atoms with E-state index in [1.54, 1.807) is 11.3 Å². The highest BCUT2D eigenvalue weighted by molar-refractivity contribution is 7.17. The Bertz CT molecular complexity index is 513. The van der Waals surface area contributed by atoms with Crippen LogP contribution < -0.4 is 5.73 Å². The molecular formula is C11H11NOS. The average molecular weight is 205 g/mol. The molecule has 0 fully saturated rings. The molecule has 0 bridgehead atoms. The van der Waals surface area contributed by atoms with Crippen molar-refractivity contribution in [2.75, 3.05) is 0 Å². The monoisotopic (exact) mass is 205 g/mol. The number of carbonyl (C=O) groups is 1. The predicted molar refractivity (Wildman–Crippen MR) is 59.8 cm³/mol. The molecule has 1 aromatic carbocycles. The van der Waals surface area contributed by atoms with Gasteiger partial charge in [0, 0.05) is 4.70 Å². The second-order valence-corrected chi connectivity index (χ2v) is 4.31. The maximum Gasteiger partial charge on any atom is 0.250 e. The van der Waals surface area contributed by atoms with E-state index in [1.807, 2.05) is 24.4 Å². The van der Waals surface area contributed by atoms with Gasteiger partial charge in [-0.3, -0.25) is 4.79 Å². The quantitative estimate of drug-likeness (QED) is 0.764. The highest BCUT2D eigenvalue weighted by Gasteiger charge is 2.11. The fourth-order valence-electron chi connectivity index (χ4n) is 1.60. The molecule has 0 spiro atoms. The molecule has 14 heavy (non-hydrogen) atoms. The lowest BCUT2D eigenvalue weighted by molar-refractivity contribution is 0.100. The van der Waals surface area contributed by atoms with Gasteiger partial charge in [-0.1, -0.05) is 0 Å². The summed E-state index contributed by atoms with van der Waals surface area (Å²) in [6.07, 6.45) is 0. The van der Waals surface area contributed by atoms with E-state index in [2.05, 4.69) is 6.92 Å². The number of hydrogen-bond donors (Lipinski definition) is 1. The van der Waals surface area contributed by atoms with Gasteiger partial charge >= 0.3 is 0 Å². The van der Waals surface area contributed by atoms with Gasteiger partial charge < -0.3 is 5.73 Å². The first-order valence-corrected chi connectivity index (χ1v) is 5.26. The number of thiophene rings is 1. The summed E-state index contributed by atoms with van der Waals surface area (Å²) in [4.78, 5) is 11.2. The molecule has 2 N–H and O–H groups in total. The van der Waals surface area contributed by atoms with Crippen LogP contribution in [-0.2, 0) is 0 Å². The maximum absolute atomic E-state index is 11.2. The Morgan fingerprint density at radius 1 is 1.43 bits per heavy atom. The molecule has 2 nitrogen and oxygen atoms in total. The van der Waals surface area contributed by atoms with Gasteiger partial charge in [0.25, 0.3) is 0 Å². The Balaban J connectivity index is 2.91. The second-order valence-electron chi connectivity index (χ2n) is 3.39. The van der Waals surface area contributed by atoms with Crippen molar-refractivity contribution in [3.63, 3.8) is 0 Å². The summed E-state index contributed by atoms with van der Waals surface area (Å²) in [5.41, 5.74) is 8.31. The zero-order chi connectivity index (χ0) is 10.3. The Labute approximate surface area is 86.3 Å². The van der Waals surface area contributed by atoms with E-state index in [1.165, 1.54) is 5.56 Å². The van der Waals surface area contributed by atoms with Crippen LogP contribution in [0.15, 0.2) is 17.5 Å². The Morgan fingerprint density at radius 2 is 2.14 bits per heavy atom. The first kappa shape index (κ1) is 9.21. The molecule has 0 unspecified atom stereocenters. The minimum Gasteiger partial charge on any atom is -0.366 e. The zero-order valence-electron chi connectivity index (χ0n) is 8.13. The van der Waals surface area contributed by atoms with Crippen LogP contribution in [-0.4, -0.2) is 5.91 Å². The van der Waals surface area contributed by atoms with Gasteiger partial charge in [-0.2, -0.15) is 0 Å². The van der Waals surface area contributed by atoms with Crippen LogP contribution in [0.5, 0.6) is 0 Å². The van der Waals surface area contributed by atoms with E-state index in [9.17, 15) is 4.79 Å². The third-order valence-electron chi connectivity index (χ3n) is 2.53. The number of carbonyl (C=O) groups excluding carboxylic acids is 1. The van der Waals surface area contributed by atoms with E-state index in [0.717, 1.165) is 15.6 Å². The molecule has 0 atom stereocenters. The summed E-state index contributed by atoms with van der Waals surface area (Å²) in [6, 6.07) is 3.91. The molecule has 2 rings (SSSR count). The number of aryl methyl sites for hydroxylation is 2. The lowest BCUT2D eigenvalue weighted by Gasteiger charge is -2.05. The van der Waals surface area contributed by atoms with E-state index >= 15 is 0 Å². The predicted octanol–water partition coefficient (Wildman–Crippen LogP) is 2.62. The first-order valence-electron chi connectivity index (χ1n) is 4.38. The van der Waals surface area contributed by atoms with Crippen molar-refractivity contribution in [2.45, 2.75) is 13.8 Å². The summed E-state index contributed by atoms with van der Waals surface area (Å²) in [5, 5.41) is 3.13. The summed E-state index contributed by atoms with van der Waals surface area (Å²) in [6.45, 7) is 4.06. The molecule has 0 aliphatic carbocycles. The first-order chi connectivity index (χ1) is 6.61. The molecule has 0 aliphatic heterocycles. The number of fused-ring (bicyclic) bond motifs is 1. The zero-order valence-corrected chi connectivity index (χ0v) is 8.94. The number of benzene rings is 1. The van der Waals surface area contributed by atoms with Crippen LogP contribution in [0, 0.1) is 13.8 Å². The Kier molecular flexibility index (Phi) is 2.04. The highest BCUT2D eigenvalue weighted by atomic mass is 32.1. The topological polar surface area (TPSA) is 43.1 Å². The average Bonchev–Trinajstić information content (AvgIpc) is 2.59. The molecule has 1 amide bonds. The summed E-state index contributed by atoms with van der Waals surface area (Å²) < 4.78 is 1.00. The van der Waals surface area contributed by atoms with E-state index in [4.69, 9.17) is 5.73 Å². The van der Waals surface area contributed by atoms with Crippen molar-refractivity contribution in [2.24, 2.45) is 5.73 Å². The standard InChI is InChI=1S/C11H11NOS/c1-6-5-9(11(12)13)10-8(7(6)2)3-4-14-10/h3-5H,1-2H3,(H2,12,13). The van der Waals surface area contributed by atoms with Crippen molar-refractivity contribution in [1.29, 1.82) is 0 Å². The summed E-state index contributed by atoms with van der Waals surface area (Å²) in [7, 11) is 0. The molecule has 1 heterocycles. The van der Waals surface area contributed by atoms with Gasteiger partial charge in [-0.25, -0.2) is 0 Å². The normalized spacial score (nSPS) is 10.7. The Hall–Kier alpha value is -1.35. The minimum absolute atomic E-state index is 0.347. The number of hydrogen-bond acceptors (Lipinski definition) is 2. The van der Waals surface area contributed by atoms with Gasteiger partial charge in [0.05, 0.1) is 5.56 Å². The van der Waals surface area contributed by atoms with Crippen LogP contribution in [0.1, 0.15) is 21.5 Å². The lowest BCUT2D eigenvalue weighted by Crippen LogP contribution is -2.11. The number of primary amides is 1. The lowest BCUT2D eigenvalue weighted by atomic mass is 10.0. The van der Waals surface area contributed by atoms with Gasteiger partial charge in [-0.15, -0.1) is 11.3 Å². The molecule has 0 aliphatic rings. The largest absolute Gasteiger partial charge is 0.366 e. The van der Waals surface area contributed by atoms with Crippen LogP contribution in [0.2, 0.25) is 0 Å². The molecule has 2 aromatic rings. The second kappa shape index (κ2) is 3.10. The molecule has 72 valence electrons. The fourth-order valence-corrected chi connectivity index (χ4v) is 2.57. The minimum atomic E-state index is -0.347. The van der Waals surface area contributed by atoms with Crippen LogP contribution in [0.4, 0.5) is 0 Å². The van der Waals surface area contributed by atoms with Crippen LogP contribution in [0.25, 0.3) is 10.1 Å². The smallest absolute Gasteiger partial charge is 0.250 e. The molecule has 0 saturated carbocycles. The molecule has 0 saturated heterocycles. The van der Waals surface area contributed by atoms with Crippen molar-refractivity contribution >= 4 is 27.3 Å². The summed E-state index contributed by atoms with van der Waals surface area (Å²) >= 11 is 1.56. The van der Waals surface area contributed by atoms with E-state index in [0.29, 0.717) is 5.56 Å². The van der Waals surface area contributed by atoms with Crippen molar-refractivity contribution in [1.82, 2.24) is 0 Å². The van der Waals surface area contributed by atoms with Gasteiger partial charge in [0.1, 0.15) is 0 Å². The molecule has 0 radical (unpaired) electrons. The molecular weight excluding hydrogens is 194 g/mol. The molecule has 3 heteroatoms. The van der Waals surface area contributed by atoms with Crippen LogP contribution in [0.3, 0.4) is 0 Å². The number of rotatable bonds is 1. The van der Waals surface area contributed by atoms with Crippen molar-refractivity contribution < 1.29 is 4.79 Å². The van der Waals surface area contributed by atoms with Crippen molar-refractivity contribution in [3.8, 4) is 0 Å². The summed E-state index contributed by atoms with van der Waals surface area (Å²) in [5.74, 6) is -0.347. The Morgan fingerprint density at radius 3 is 2.79 bits per heavy atom. The number of amides is 1. The van der Waals surface area contributed by atoms with E-state index < -0.39 is 0 Å². The SMILES string of the molecule is Cc1cc(C(N)=O)c2sccc2c1C. The third-order valence-corrected chi connectivity index (χ3v) is 3.48. The van der Waals surface area contributed by atoms with Gasteiger partial charge in [0.2, 0.25) is 5.91 Å². The maximum atomic E-state index is 11.2. The number of nitrogens with two attached hydrogens (primary N) is 1.